The second kappa shape index (κ2) is 9.31. The van der Waals surface area contributed by atoms with Gasteiger partial charge in [-0.05, 0) is 24.3 Å². The van der Waals surface area contributed by atoms with Crippen LogP contribution in [0.15, 0.2) is 30.3 Å². The first kappa shape index (κ1) is 22.5. The lowest BCUT2D eigenvalue weighted by Crippen LogP contribution is -2.57. The molecule has 0 aliphatic carbocycles. The predicted molar refractivity (Wildman–Crippen MR) is 115 cm³/mol. The molecule has 1 aliphatic rings. The molecule has 7 nitrogen and oxygen atoms in total. The zero-order chi connectivity index (χ0) is 22.0. The maximum atomic E-state index is 13.3. The number of aliphatic hydroxyl groups excluding tert-OH is 1. The second-order valence-corrected chi connectivity index (χ2v) is 7.97. The van der Waals surface area contributed by atoms with E-state index in [1.54, 1.807) is 24.3 Å². The Bertz CT molecular complexity index is 985. The number of hydrogen-bond acceptors (Lipinski definition) is 4. The summed E-state index contributed by atoms with van der Waals surface area (Å²) in [5.41, 5.74) is 1.27. The second-order valence-electron chi connectivity index (χ2n) is 6.72. The Balaban J connectivity index is 2.03. The van der Waals surface area contributed by atoms with Crippen molar-refractivity contribution in [3.05, 3.63) is 51.0 Å². The molecule has 2 amide bonds. The highest BCUT2D eigenvalue weighted by molar-refractivity contribution is 6.38. The summed E-state index contributed by atoms with van der Waals surface area (Å²) in [6.07, 6.45) is -1.09. The average Bonchev–Trinajstić information content (AvgIpc) is 2.74. The molecule has 0 radical (unpaired) electrons. The zero-order valence-electron chi connectivity index (χ0n) is 15.9. The number of aliphatic hydroxyl groups is 1. The smallest absolute Gasteiger partial charge is 0.407 e. The fourth-order valence-corrected chi connectivity index (χ4v) is 4.06. The van der Waals surface area contributed by atoms with Gasteiger partial charge in [-0.15, -0.1) is 0 Å². The Hall–Kier alpha value is -2.19. The number of piperazine rings is 1. The van der Waals surface area contributed by atoms with Gasteiger partial charge in [-0.3, -0.25) is 4.79 Å². The molecule has 1 fully saturated rings. The van der Waals surface area contributed by atoms with Crippen LogP contribution in [0.3, 0.4) is 0 Å². The third-order valence-electron chi connectivity index (χ3n) is 4.96. The summed E-state index contributed by atoms with van der Waals surface area (Å²) in [6, 6.07) is 7.33. The third-order valence-corrected chi connectivity index (χ3v) is 5.84. The number of carbonyl (C=O) groups excluding carboxylic acids is 1. The number of halogens is 3. The Kier molecular flexibility index (Phi) is 6.98. The maximum absolute atomic E-state index is 13.3. The SMILES string of the molecule is COc1cc(Cl)c(-c2cc(Cl)ccc2Cl)cc1C(=O)N1CCN(C(=O)O)CC1CO. The quantitative estimate of drug-likeness (QED) is 0.697. The molecule has 1 atom stereocenters. The molecule has 0 aromatic heterocycles. The van der Waals surface area contributed by atoms with Crippen molar-refractivity contribution < 1.29 is 24.5 Å². The van der Waals surface area contributed by atoms with Crippen LogP contribution in [-0.4, -0.2) is 71.4 Å². The highest BCUT2D eigenvalue weighted by Gasteiger charge is 2.34. The molecule has 1 saturated heterocycles. The molecular weight excluding hydrogens is 455 g/mol. The molecule has 30 heavy (non-hydrogen) atoms. The first-order chi connectivity index (χ1) is 14.3. The molecule has 3 rings (SSSR count). The molecule has 0 spiro atoms. The lowest BCUT2D eigenvalue weighted by Gasteiger charge is -2.39. The lowest BCUT2D eigenvalue weighted by atomic mass is 10.0. The van der Waals surface area contributed by atoms with Crippen molar-refractivity contribution in [2.75, 3.05) is 33.4 Å². The molecule has 0 bridgehead atoms. The van der Waals surface area contributed by atoms with Gasteiger partial charge in [0.05, 0.1) is 30.3 Å². The molecule has 10 heteroatoms. The highest BCUT2D eigenvalue weighted by atomic mass is 35.5. The van der Waals surface area contributed by atoms with Crippen LogP contribution >= 0.6 is 34.8 Å². The first-order valence-corrected chi connectivity index (χ1v) is 10.1. The molecule has 1 heterocycles. The summed E-state index contributed by atoms with van der Waals surface area (Å²) >= 11 is 18.8. The summed E-state index contributed by atoms with van der Waals surface area (Å²) in [6.45, 7) is -0.0886. The van der Waals surface area contributed by atoms with Crippen molar-refractivity contribution in [3.8, 4) is 16.9 Å². The van der Waals surface area contributed by atoms with Crippen LogP contribution in [0.1, 0.15) is 10.4 Å². The normalized spacial score (nSPS) is 16.5. The summed E-state index contributed by atoms with van der Waals surface area (Å²) in [5.74, 6) is -0.156. The molecule has 2 N–H and O–H groups in total. The minimum Gasteiger partial charge on any atom is -0.496 e. The zero-order valence-corrected chi connectivity index (χ0v) is 18.2. The fourth-order valence-electron chi connectivity index (χ4n) is 3.41. The summed E-state index contributed by atoms with van der Waals surface area (Å²) in [5, 5.41) is 20.1. The molecule has 2 aromatic carbocycles. The van der Waals surface area contributed by atoms with Gasteiger partial charge in [0, 0.05) is 46.9 Å². The number of rotatable bonds is 4. The Morgan fingerprint density at radius 3 is 2.43 bits per heavy atom. The largest absolute Gasteiger partial charge is 0.496 e. The van der Waals surface area contributed by atoms with Gasteiger partial charge >= 0.3 is 6.09 Å². The van der Waals surface area contributed by atoms with Gasteiger partial charge in [-0.2, -0.15) is 0 Å². The van der Waals surface area contributed by atoms with Gasteiger partial charge in [0.2, 0.25) is 0 Å². The number of carbonyl (C=O) groups is 2. The van der Waals surface area contributed by atoms with Crippen molar-refractivity contribution in [1.82, 2.24) is 9.80 Å². The van der Waals surface area contributed by atoms with Gasteiger partial charge < -0.3 is 24.7 Å². The van der Waals surface area contributed by atoms with E-state index in [2.05, 4.69) is 0 Å². The van der Waals surface area contributed by atoms with Crippen LogP contribution in [0, 0.1) is 0 Å². The van der Waals surface area contributed by atoms with E-state index in [-0.39, 0.29) is 37.6 Å². The maximum Gasteiger partial charge on any atom is 0.407 e. The summed E-state index contributed by atoms with van der Waals surface area (Å²) in [4.78, 5) is 27.2. The lowest BCUT2D eigenvalue weighted by molar-refractivity contribution is 0.0308. The fraction of sp³-hybridized carbons (Fsp3) is 0.300. The Morgan fingerprint density at radius 1 is 1.10 bits per heavy atom. The molecule has 0 saturated carbocycles. The number of carboxylic acid groups (broad SMARTS) is 1. The minimum atomic E-state index is -1.09. The van der Waals surface area contributed by atoms with Crippen molar-refractivity contribution >= 4 is 46.8 Å². The highest BCUT2D eigenvalue weighted by Crippen LogP contribution is 2.39. The van der Waals surface area contributed by atoms with Crippen LogP contribution in [0.2, 0.25) is 15.1 Å². The number of methoxy groups -OCH3 is 1. The molecule has 1 aliphatic heterocycles. The monoisotopic (exact) mass is 472 g/mol. The first-order valence-electron chi connectivity index (χ1n) is 8.99. The van der Waals surface area contributed by atoms with Crippen LogP contribution in [0.25, 0.3) is 11.1 Å². The van der Waals surface area contributed by atoms with E-state index in [9.17, 15) is 19.8 Å². The topological polar surface area (TPSA) is 90.3 Å². The summed E-state index contributed by atoms with van der Waals surface area (Å²) < 4.78 is 5.35. The molecule has 1 unspecified atom stereocenters. The van der Waals surface area contributed by atoms with Gasteiger partial charge in [0.25, 0.3) is 5.91 Å². The van der Waals surface area contributed by atoms with E-state index in [0.29, 0.717) is 26.2 Å². The molecule has 160 valence electrons. The van der Waals surface area contributed by atoms with Gasteiger partial charge in [-0.25, -0.2) is 4.79 Å². The predicted octanol–water partition coefficient (Wildman–Crippen LogP) is 4.12. The Labute approximate surface area is 188 Å². The third kappa shape index (κ3) is 4.44. The van der Waals surface area contributed by atoms with E-state index in [0.717, 1.165) is 0 Å². The average molecular weight is 474 g/mol. The van der Waals surface area contributed by atoms with Crippen LogP contribution in [-0.2, 0) is 0 Å². The van der Waals surface area contributed by atoms with Crippen LogP contribution < -0.4 is 4.74 Å². The number of nitrogens with zero attached hydrogens (tertiary/aromatic N) is 2. The van der Waals surface area contributed by atoms with Crippen molar-refractivity contribution in [3.63, 3.8) is 0 Å². The van der Waals surface area contributed by atoms with Crippen molar-refractivity contribution in [2.45, 2.75) is 6.04 Å². The molecule has 2 aromatic rings. The van der Waals surface area contributed by atoms with Crippen molar-refractivity contribution in [1.29, 1.82) is 0 Å². The van der Waals surface area contributed by atoms with Gasteiger partial charge in [0.15, 0.2) is 0 Å². The van der Waals surface area contributed by atoms with Gasteiger partial charge in [0.1, 0.15) is 5.75 Å². The van der Waals surface area contributed by atoms with E-state index in [4.69, 9.17) is 39.5 Å². The van der Waals surface area contributed by atoms with Crippen molar-refractivity contribution in [2.24, 2.45) is 0 Å². The standard InChI is InChI=1S/C20H19Cl3N2O5/c1-30-18-8-17(23)14(13-6-11(21)2-3-16(13)22)7-15(18)19(27)25-5-4-24(20(28)29)9-12(25)10-26/h2-3,6-8,12,26H,4-5,9-10H2,1H3,(H,28,29). The van der Waals surface area contributed by atoms with E-state index in [1.165, 1.54) is 23.0 Å². The number of benzene rings is 2. The number of hydrogen-bond donors (Lipinski definition) is 2. The number of ether oxygens (including phenoxy) is 1. The van der Waals surface area contributed by atoms with E-state index < -0.39 is 18.0 Å². The number of amides is 2. The molecular formula is C20H19Cl3N2O5. The Morgan fingerprint density at radius 2 is 1.80 bits per heavy atom. The van der Waals surface area contributed by atoms with E-state index >= 15 is 0 Å². The summed E-state index contributed by atoms with van der Waals surface area (Å²) in [7, 11) is 1.42. The minimum absolute atomic E-state index is 0.0143. The van der Waals surface area contributed by atoms with Gasteiger partial charge in [-0.1, -0.05) is 34.8 Å². The van der Waals surface area contributed by atoms with E-state index in [1.807, 2.05) is 0 Å². The van der Waals surface area contributed by atoms with Crippen LogP contribution in [0.4, 0.5) is 4.79 Å². The van der Waals surface area contributed by atoms with Crippen LogP contribution in [0.5, 0.6) is 5.75 Å².